The van der Waals surface area contributed by atoms with Crippen molar-refractivity contribution in [3.8, 4) is 0 Å². The molecule has 0 amide bonds. The molecule has 2 atom stereocenters. The second-order valence-corrected chi connectivity index (χ2v) is 4.24. The quantitative estimate of drug-likeness (QED) is 0.749. The number of anilines is 1. The molecule has 0 bridgehead atoms. The molecule has 2 unspecified atom stereocenters. The Balaban J connectivity index is 2.37. The summed E-state index contributed by atoms with van der Waals surface area (Å²) >= 11 is 6.02. The van der Waals surface area contributed by atoms with E-state index in [9.17, 15) is 15.0 Å². The number of β-amino-alcohol motifs (C(OH)–C–C–N with tert-alkyl or cyclic N) is 2. The van der Waals surface area contributed by atoms with Crippen LogP contribution in [0.4, 0.5) is 5.69 Å². The lowest BCUT2D eigenvalue weighted by molar-refractivity contribution is 0.0572. The molecule has 1 heterocycles. The fourth-order valence-corrected chi connectivity index (χ4v) is 2.21. The largest absolute Gasteiger partial charge is 0.389 e. The number of aliphatic hydroxyl groups is 2. The molecule has 0 saturated carbocycles. The number of rotatable bonds is 2. The van der Waals surface area contributed by atoms with Gasteiger partial charge in [0.2, 0.25) is 0 Å². The molecule has 1 fully saturated rings. The summed E-state index contributed by atoms with van der Waals surface area (Å²) in [7, 11) is 0. The predicted molar refractivity (Wildman–Crippen MR) is 61.1 cm³/mol. The zero-order valence-electron chi connectivity index (χ0n) is 8.51. The molecule has 86 valence electrons. The Morgan fingerprint density at radius 2 is 1.94 bits per heavy atom. The van der Waals surface area contributed by atoms with E-state index in [1.165, 1.54) is 0 Å². The van der Waals surface area contributed by atoms with Crippen LogP contribution in [-0.2, 0) is 0 Å². The first-order chi connectivity index (χ1) is 7.63. The van der Waals surface area contributed by atoms with Gasteiger partial charge in [0.05, 0.1) is 22.9 Å². The van der Waals surface area contributed by atoms with Gasteiger partial charge in [-0.05, 0) is 12.1 Å². The Kier molecular flexibility index (Phi) is 3.14. The highest BCUT2D eigenvalue weighted by atomic mass is 35.5. The van der Waals surface area contributed by atoms with Crippen LogP contribution in [0.2, 0.25) is 5.02 Å². The van der Waals surface area contributed by atoms with E-state index in [1.807, 2.05) is 0 Å². The number of halogens is 1. The summed E-state index contributed by atoms with van der Waals surface area (Å²) in [4.78, 5) is 12.6. The number of aldehydes is 1. The van der Waals surface area contributed by atoms with Crippen LogP contribution in [-0.4, -0.2) is 41.8 Å². The highest BCUT2D eigenvalue weighted by Gasteiger charge is 2.31. The van der Waals surface area contributed by atoms with E-state index >= 15 is 0 Å². The number of hydrogen-bond donors (Lipinski definition) is 2. The van der Waals surface area contributed by atoms with Gasteiger partial charge in [-0.25, -0.2) is 0 Å². The smallest absolute Gasteiger partial charge is 0.152 e. The van der Waals surface area contributed by atoms with Crippen LogP contribution in [0.1, 0.15) is 10.4 Å². The molecule has 16 heavy (non-hydrogen) atoms. The van der Waals surface area contributed by atoms with Gasteiger partial charge in [0.25, 0.3) is 0 Å². The molecule has 0 radical (unpaired) electrons. The number of aliphatic hydroxyl groups excluding tert-OH is 2. The minimum absolute atomic E-state index is 0.283. The number of carbonyl (C=O) groups excluding carboxylic acids is 1. The molecule has 1 aromatic carbocycles. The second-order valence-electron chi connectivity index (χ2n) is 3.84. The number of nitrogens with zero attached hydrogens (tertiary/aromatic N) is 1. The van der Waals surface area contributed by atoms with Crippen molar-refractivity contribution in [3.63, 3.8) is 0 Å². The number of para-hydroxylation sites is 1. The Labute approximate surface area is 98.1 Å². The van der Waals surface area contributed by atoms with Crippen molar-refractivity contribution in [2.45, 2.75) is 12.2 Å². The normalized spacial score (nSPS) is 24.8. The van der Waals surface area contributed by atoms with Crippen molar-refractivity contribution >= 4 is 23.6 Å². The number of benzene rings is 1. The van der Waals surface area contributed by atoms with Gasteiger partial charge in [0.15, 0.2) is 6.29 Å². The lowest BCUT2D eigenvalue weighted by atomic mass is 10.2. The fraction of sp³-hybridized carbons (Fsp3) is 0.364. The summed E-state index contributed by atoms with van der Waals surface area (Å²) in [5, 5.41) is 19.4. The van der Waals surface area contributed by atoms with E-state index in [1.54, 1.807) is 23.1 Å². The first kappa shape index (κ1) is 11.4. The number of carbonyl (C=O) groups is 1. The van der Waals surface area contributed by atoms with Crippen LogP contribution < -0.4 is 4.90 Å². The lowest BCUT2D eigenvalue weighted by Crippen LogP contribution is -2.22. The highest BCUT2D eigenvalue weighted by molar-refractivity contribution is 6.33. The van der Waals surface area contributed by atoms with E-state index < -0.39 is 12.2 Å². The second kappa shape index (κ2) is 4.41. The van der Waals surface area contributed by atoms with Gasteiger partial charge in [0, 0.05) is 18.7 Å². The summed E-state index contributed by atoms with van der Waals surface area (Å²) in [6.07, 6.45) is -0.871. The molecular formula is C11H12ClNO3. The summed E-state index contributed by atoms with van der Waals surface area (Å²) in [5.74, 6) is 0. The average molecular weight is 242 g/mol. The number of hydrogen-bond acceptors (Lipinski definition) is 4. The van der Waals surface area contributed by atoms with E-state index in [2.05, 4.69) is 0 Å². The van der Waals surface area contributed by atoms with Crippen LogP contribution in [0, 0.1) is 0 Å². The van der Waals surface area contributed by atoms with Crippen molar-refractivity contribution in [1.82, 2.24) is 0 Å². The van der Waals surface area contributed by atoms with Crippen LogP contribution >= 0.6 is 11.6 Å². The van der Waals surface area contributed by atoms with Crippen LogP contribution in [0.25, 0.3) is 0 Å². The van der Waals surface area contributed by atoms with Crippen molar-refractivity contribution in [2.24, 2.45) is 0 Å². The molecular weight excluding hydrogens is 230 g/mol. The average Bonchev–Trinajstić information content (AvgIpc) is 2.58. The summed E-state index contributed by atoms with van der Waals surface area (Å²) in [6.45, 7) is 0.567. The monoisotopic (exact) mass is 241 g/mol. The van der Waals surface area contributed by atoms with Gasteiger partial charge in [-0.15, -0.1) is 0 Å². The summed E-state index contributed by atoms with van der Waals surface area (Å²) in [5.41, 5.74) is 1.04. The molecule has 0 spiro atoms. The maximum atomic E-state index is 10.9. The van der Waals surface area contributed by atoms with E-state index in [0.717, 1.165) is 6.29 Å². The third kappa shape index (κ3) is 1.91. The Morgan fingerprint density at radius 1 is 1.31 bits per heavy atom. The van der Waals surface area contributed by atoms with Crippen molar-refractivity contribution in [3.05, 3.63) is 28.8 Å². The first-order valence-electron chi connectivity index (χ1n) is 4.98. The Hall–Kier alpha value is -1.10. The molecule has 4 nitrogen and oxygen atoms in total. The first-order valence-corrected chi connectivity index (χ1v) is 5.36. The summed E-state index contributed by atoms with van der Waals surface area (Å²) in [6, 6.07) is 5.03. The Morgan fingerprint density at radius 3 is 2.50 bits per heavy atom. The van der Waals surface area contributed by atoms with Gasteiger partial charge in [-0.3, -0.25) is 4.79 Å². The summed E-state index contributed by atoms with van der Waals surface area (Å²) < 4.78 is 0. The molecule has 1 aromatic rings. The molecule has 1 saturated heterocycles. The van der Waals surface area contributed by atoms with Crippen molar-refractivity contribution in [1.29, 1.82) is 0 Å². The Bertz CT molecular complexity index is 400. The molecule has 2 N–H and O–H groups in total. The highest BCUT2D eigenvalue weighted by Crippen LogP contribution is 2.31. The van der Waals surface area contributed by atoms with Gasteiger partial charge in [-0.2, -0.15) is 0 Å². The van der Waals surface area contributed by atoms with Crippen LogP contribution in [0.15, 0.2) is 18.2 Å². The maximum Gasteiger partial charge on any atom is 0.152 e. The fourth-order valence-electron chi connectivity index (χ4n) is 1.91. The van der Waals surface area contributed by atoms with Crippen LogP contribution in [0.3, 0.4) is 0 Å². The van der Waals surface area contributed by atoms with Gasteiger partial charge in [-0.1, -0.05) is 17.7 Å². The van der Waals surface area contributed by atoms with Crippen molar-refractivity contribution < 1.29 is 15.0 Å². The predicted octanol–water partition coefficient (Wildman–Crippen LogP) is 0.694. The van der Waals surface area contributed by atoms with Crippen molar-refractivity contribution in [2.75, 3.05) is 18.0 Å². The van der Waals surface area contributed by atoms with E-state index in [4.69, 9.17) is 11.6 Å². The SMILES string of the molecule is O=Cc1cccc(Cl)c1N1CC(O)C(O)C1. The molecule has 2 rings (SSSR count). The zero-order valence-corrected chi connectivity index (χ0v) is 9.26. The standard InChI is InChI=1S/C11H12ClNO3/c12-8-3-1-2-7(6-14)11(8)13-4-9(15)10(16)5-13/h1-3,6,9-10,15-16H,4-5H2. The van der Waals surface area contributed by atoms with Crippen LogP contribution in [0.5, 0.6) is 0 Å². The van der Waals surface area contributed by atoms with Gasteiger partial charge >= 0.3 is 0 Å². The zero-order chi connectivity index (χ0) is 11.7. The molecule has 0 aliphatic carbocycles. The molecule has 0 aromatic heterocycles. The van der Waals surface area contributed by atoms with E-state index in [-0.39, 0.29) is 13.1 Å². The van der Waals surface area contributed by atoms with Gasteiger partial charge < -0.3 is 15.1 Å². The lowest BCUT2D eigenvalue weighted by Gasteiger charge is -2.20. The minimum Gasteiger partial charge on any atom is -0.389 e. The van der Waals surface area contributed by atoms with E-state index in [0.29, 0.717) is 16.3 Å². The third-order valence-electron chi connectivity index (χ3n) is 2.72. The minimum atomic E-state index is -0.796. The molecule has 1 aliphatic rings. The molecule has 1 aliphatic heterocycles. The third-order valence-corrected chi connectivity index (χ3v) is 3.03. The topological polar surface area (TPSA) is 60.8 Å². The molecule has 5 heteroatoms. The van der Waals surface area contributed by atoms with Gasteiger partial charge in [0.1, 0.15) is 0 Å². The maximum absolute atomic E-state index is 10.9.